The highest BCUT2D eigenvalue weighted by Crippen LogP contribution is 2.25. The molecule has 6 heteroatoms. The zero-order chi connectivity index (χ0) is 14.7. The first-order chi connectivity index (χ1) is 9.49. The smallest absolute Gasteiger partial charge is 0.308 e. The van der Waals surface area contributed by atoms with Gasteiger partial charge in [-0.05, 0) is 47.0 Å². The molecule has 1 aromatic rings. The molecule has 1 fully saturated rings. The molecule has 0 heterocycles. The van der Waals surface area contributed by atoms with Crippen molar-refractivity contribution < 1.29 is 14.7 Å². The van der Waals surface area contributed by atoms with E-state index in [9.17, 15) is 14.7 Å². The van der Waals surface area contributed by atoms with Crippen LogP contribution in [0.15, 0.2) is 22.7 Å². The molecule has 108 valence electrons. The van der Waals surface area contributed by atoms with Gasteiger partial charge in [-0.25, -0.2) is 0 Å². The number of carboxylic acids is 1. The van der Waals surface area contributed by atoms with Gasteiger partial charge in [-0.2, -0.15) is 0 Å². The van der Waals surface area contributed by atoms with Crippen LogP contribution in [-0.2, 0) is 4.79 Å². The van der Waals surface area contributed by atoms with Crippen LogP contribution in [0.4, 0.5) is 5.69 Å². The topological polar surface area (TPSA) is 92.4 Å². The number of hydrogen-bond acceptors (Lipinski definition) is 3. The minimum Gasteiger partial charge on any atom is -0.481 e. The van der Waals surface area contributed by atoms with E-state index in [1.807, 2.05) is 0 Å². The number of nitrogen functional groups attached to an aromatic ring is 1. The number of nitrogens with one attached hydrogen (secondary N) is 1. The van der Waals surface area contributed by atoms with Crippen molar-refractivity contribution in [3.8, 4) is 0 Å². The molecule has 4 N–H and O–H groups in total. The fourth-order valence-electron chi connectivity index (χ4n) is 2.54. The number of anilines is 1. The first-order valence-corrected chi connectivity index (χ1v) is 7.37. The number of amides is 1. The number of nitrogens with two attached hydrogens (primary N) is 1. The summed E-state index contributed by atoms with van der Waals surface area (Å²) in [6.07, 6.45) is 3.16. The van der Waals surface area contributed by atoms with Gasteiger partial charge in [0, 0.05) is 21.8 Å². The van der Waals surface area contributed by atoms with Crippen LogP contribution in [0.5, 0.6) is 0 Å². The molecule has 0 spiro atoms. The van der Waals surface area contributed by atoms with Gasteiger partial charge >= 0.3 is 5.97 Å². The second-order valence-electron chi connectivity index (χ2n) is 5.05. The molecule has 0 radical (unpaired) electrons. The fourth-order valence-corrected chi connectivity index (χ4v) is 2.78. The van der Waals surface area contributed by atoms with Gasteiger partial charge in [0.25, 0.3) is 5.91 Å². The lowest BCUT2D eigenvalue weighted by molar-refractivity contribution is -0.143. The van der Waals surface area contributed by atoms with Crippen molar-refractivity contribution in [1.82, 2.24) is 5.32 Å². The molecule has 0 bridgehead atoms. The third kappa shape index (κ3) is 3.30. The summed E-state index contributed by atoms with van der Waals surface area (Å²) in [5.41, 5.74) is 6.67. The van der Waals surface area contributed by atoms with E-state index >= 15 is 0 Å². The van der Waals surface area contributed by atoms with Gasteiger partial charge in [-0.1, -0.05) is 12.8 Å². The molecule has 0 aromatic heterocycles. The van der Waals surface area contributed by atoms with Crippen LogP contribution in [0.3, 0.4) is 0 Å². The Morgan fingerprint density at radius 3 is 2.65 bits per heavy atom. The van der Waals surface area contributed by atoms with Crippen molar-refractivity contribution in [1.29, 1.82) is 0 Å². The monoisotopic (exact) mass is 340 g/mol. The molecule has 5 nitrogen and oxygen atoms in total. The average Bonchev–Trinajstić information content (AvgIpc) is 2.42. The summed E-state index contributed by atoms with van der Waals surface area (Å²) < 4.78 is 0.732. The van der Waals surface area contributed by atoms with Crippen LogP contribution >= 0.6 is 15.9 Å². The highest BCUT2D eigenvalue weighted by atomic mass is 79.9. The number of carbonyl (C=O) groups excluding carboxylic acids is 1. The normalized spacial score (nSPS) is 22.2. The Kier molecular flexibility index (Phi) is 4.65. The molecule has 1 aromatic carbocycles. The molecule has 0 saturated heterocycles. The van der Waals surface area contributed by atoms with E-state index in [1.165, 1.54) is 0 Å². The van der Waals surface area contributed by atoms with E-state index in [0.29, 0.717) is 24.1 Å². The number of aliphatic carboxylic acids is 1. The second kappa shape index (κ2) is 6.26. The van der Waals surface area contributed by atoms with E-state index in [4.69, 9.17) is 5.73 Å². The number of benzene rings is 1. The second-order valence-corrected chi connectivity index (χ2v) is 5.90. The standard InChI is InChI=1S/C14H17BrN2O3/c15-10-6-5-8(7-11(10)16)13(18)17-12-4-2-1-3-9(12)14(19)20/h5-7,9,12H,1-4,16H2,(H,17,18)(H,19,20). The van der Waals surface area contributed by atoms with Gasteiger partial charge in [0.15, 0.2) is 0 Å². The van der Waals surface area contributed by atoms with Crippen LogP contribution in [-0.4, -0.2) is 23.0 Å². The minimum atomic E-state index is -0.842. The van der Waals surface area contributed by atoms with Crippen molar-refractivity contribution >= 4 is 33.5 Å². The molecular weight excluding hydrogens is 324 g/mol. The Morgan fingerprint density at radius 1 is 1.30 bits per heavy atom. The molecule has 2 unspecified atom stereocenters. The van der Waals surface area contributed by atoms with Gasteiger partial charge < -0.3 is 16.2 Å². The van der Waals surface area contributed by atoms with Crippen molar-refractivity contribution in [3.63, 3.8) is 0 Å². The lowest BCUT2D eigenvalue weighted by Gasteiger charge is -2.29. The van der Waals surface area contributed by atoms with Crippen LogP contribution in [0.2, 0.25) is 0 Å². The summed E-state index contributed by atoms with van der Waals surface area (Å²) in [6, 6.07) is 4.64. The van der Waals surface area contributed by atoms with Crippen molar-refractivity contribution in [2.75, 3.05) is 5.73 Å². The van der Waals surface area contributed by atoms with Crippen molar-refractivity contribution in [2.24, 2.45) is 5.92 Å². The molecule has 1 aliphatic rings. The quantitative estimate of drug-likeness (QED) is 0.736. The third-order valence-corrected chi connectivity index (χ3v) is 4.38. The van der Waals surface area contributed by atoms with E-state index in [2.05, 4.69) is 21.2 Å². The summed E-state index contributed by atoms with van der Waals surface area (Å²) >= 11 is 3.27. The number of halogens is 1. The maximum Gasteiger partial charge on any atom is 0.308 e. The Balaban J connectivity index is 2.09. The highest BCUT2D eigenvalue weighted by Gasteiger charge is 2.31. The zero-order valence-electron chi connectivity index (χ0n) is 10.9. The van der Waals surface area contributed by atoms with Crippen LogP contribution in [0.1, 0.15) is 36.0 Å². The average molecular weight is 341 g/mol. The summed E-state index contributed by atoms with van der Waals surface area (Å²) in [5, 5.41) is 12.0. The zero-order valence-corrected chi connectivity index (χ0v) is 12.5. The minimum absolute atomic E-state index is 0.276. The summed E-state index contributed by atoms with van der Waals surface area (Å²) in [7, 11) is 0. The highest BCUT2D eigenvalue weighted by molar-refractivity contribution is 9.10. The predicted molar refractivity (Wildman–Crippen MR) is 79.4 cm³/mol. The number of carboxylic acid groups (broad SMARTS) is 1. The molecule has 1 saturated carbocycles. The molecular formula is C14H17BrN2O3. The van der Waals surface area contributed by atoms with Gasteiger partial charge in [0.05, 0.1) is 5.92 Å². The molecule has 20 heavy (non-hydrogen) atoms. The van der Waals surface area contributed by atoms with E-state index in [1.54, 1.807) is 18.2 Å². The van der Waals surface area contributed by atoms with Crippen LogP contribution in [0, 0.1) is 5.92 Å². The summed E-state index contributed by atoms with van der Waals surface area (Å²) in [4.78, 5) is 23.4. The Hall–Kier alpha value is -1.56. The third-order valence-electron chi connectivity index (χ3n) is 3.66. The first kappa shape index (κ1) is 14.8. The van der Waals surface area contributed by atoms with Gasteiger partial charge in [0.2, 0.25) is 0 Å². The molecule has 2 atom stereocenters. The van der Waals surface area contributed by atoms with Gasteiger partial charge in [-0.15, -0.1) is 0 Å². The van der Waals surface area contributed by atoms with Crippen LogP contribution in [0.25, 0.3) is 0 Å². The molecule has 1 amide bonds. The van der Waals surface area contributed by atoms with Crippen molar-refractivity contribution in [3.05, 3.63) is 28.2 Å². The SMILES string of the molecule is Nc1cc(C(=O)NC2CCCCC2C(=O)O)ccc1Br. The summed E-state index contributed by atoms with van der Waals surface area (Å²) in [5.74, 6) is -1.62. The Morgan fingerprint density at radius 2 is 2.00 bits per heavy atom. The summed E-state index contributed by atoms with van der Waals surface area (Å²) in [6.45, 7) is 0. The largest absolute Gasteiger partial charge is 0.481 e. The maximum absolute atomic E-state index is 12.2. The maximum atomic E-state index is 12.2. The Bertz CT molecular complexity index is 533. The number of carbonyl (C=O) groups is 2. The number of hydrogen-bond donors (Lipinski definition) is 3. The lowest BCUT2D eigenvalue weighted by atomic mass is 9.84. The lowest BCUT2D eigenvalue weighted by Crippen LogP contribution is -2.45. The number of rotatable bonds is 3. The first-order valence-electron chi connectivity index (χ1n) is 6.57. The van der Waals surface area contributed by atoms with Crippen molar-refractivity contribution in [2.45, 2.75) is 31.7 Å². The Labute approximate surface area is 125 Å². The van der Waals surface area contributed by atoms with E-state index in [0.717, 1.165) is 17.3 Å². The molecule has 2 rings (SSSR count). The molecule has 1 aliphatic carbocycles. The fraction of sp³-hybridized carbons (Fsp3) is 0.429. The van der Waals surface area contributed by atoms with Crippen LogP contribution < -0.4 is 11.1 Å². The van der Waals surface area contributed by atoms with E-state index < -0.39 is 11.9 Å². The molecule has 0 aliphatic heterocycles. The predicted octanol–water partition coefficient (Wildman–Crippen LogP) is 2.40. The van der Waals surface area contributed by atoms with Gasteiger partial charge in [0.1, 0.15) is 0 Å². The van der Waals surface area contributed by atoms with E-state index in [-0.39, 0.29) is 11.9 Å². The van der Waals surface area contributed by atoms with Gasteiger partial charge in [-0.3, -0.25) is 9.59 Å².